The number of rotatable bonds is 8. The normalized spacial score (nSPS) is 13.1. The molecule has 17 heavy (non-hydrogen) atoms. The molecule has 0 saturated carbocycles. The Balaban J connectivity index is 3.91. The topological polar surface area (TPSA) is 128 Å². The van der Waals surface area contributed by atoms with Crippen molar-refractivity contribution >= 4 is 12.0 Å². The van der Waals surface area contributed by atoms with Crippen molar-refractivity contribution in [1.29, 1.82) is 0 Å². The van der Waals surface area contributed by atoms with E-state index in [1.165, 1.54) is 14.1 Å². The van der Waals surface area contributed by atoms with Gasteiger partial charge in [0.25, 0.3) is 0 Å². The number of primary amides is 1. The molecule has 0 saturated heterocycles. The van der Waals surface area contributed by atoms with E-state index in [0.717, 1.165) is 0 Å². The first-order valence-electron chi connectivity index (χ1n) is 5.26. The second-order valence-electron chi connectivity index (χ2n) is 4.26. The third-order valence-electron chi connectivity index (χ3n) is 1.99. The van der Waals surface area contributed by atoms with Gasteiger partial charge in [0.05, 0.1) is 14.1 Å². The molecule has 0 unspecified atom stereocenters. The van der Waals surface area contributed by atoms with Crippen LogP contribution in [0.3, 0.4) is 0 Å². The molecule has 0 rings (SSSR count). The Morgan fingerprint density at radius 2 is 2.06 bits per heavy atom. The molecular formula is C9H20N4O4. The van der Waals surface area contributed by atoms with E-state index in [4.69, 9.17) is 10.8 Å². The Morgan fingerprint density at radius 3 is 2.47 bits per heavy atom. The highest BCUT2D eigenvalue weighted by Gasteiger charge is 2.18. The number of carboxylic acids is 1. The smallest absolute Gasteiger partial charge is 0.320 e. The van der Waals surface area contributed by atoms with Crippen LogP contribution in [0.15, 0.2) is 0 Å². The lowest BCUT2D eigenvalue weighted by Gasteiger charge is -2.34. The standard InChI is InChI=1S/C9H20N4O4/c1-13(2,17)6-12-7(8(14)15)4-3-5-11-9(10)16/h7,12H,3-6H2,1-2H3,(H,14,15)(H3,10,11,16)/t7-/m0/s1. The minimum absolute atomic E-state index is 0.0141. The molecule has 8 heteroatoms. The van der Waals surface area contributed by atoms with Gasteiger partial charge in [-0.05, 0) is 12.8 Å². The highest BCUT2D eigenvalue weighted by Crippen LogP contribution is 1.99. The summed E-state index contributed by atoms with van der Waals surface area (Å²) in [5, 5.41) is 25.2. The van der Waals surface area contributed by atoms with Crippen molar-refractivity contribution in [2.45, 2.75) is 18.9 Å². The number of hydroxylamine groups is 3. The zero-order valence-electron chi connectivity index (χ0n) is 10.1. The van der Waals surface area contributed by atoms with Crippen LogP contribution in [-0.2, 0) is 4.79 Å². The molecule has 5 N–H and O–H groups in total. The number of hydrogen-bond donors (Lipinski definition) is 4. The summed E-state index contributed by atoms with van der Waals surface area (Å²) in [4.78, 5) is 21.2. The highest BCUT2D eigenvalue weighted by molar-refractivity contribution is 5.73. The monoisotopic (exact) mass is 248 g/mol. The average Bonchev–Trinajstić information content (AvgIpc) is 2.13. The van der Waals surface area contributed by atoms with Crippen LogP contribution in [-0.4, -0.2) is 55.1 Å². The zero-order valence-corrected chi connectivity index (χ0v) is 10.1. The fourth-order valence-electron chi connectivity index (χ4n) is 1.16. The van der Waals surface area contributed by atoms with Gasteiger partial charge in [0, 0.05) is 6.54 Å². The highest BCUT2D eigenvalue weighted by atomic mass is 16.5. The van der Waals surface area contributed by atoms with E-state index in [1.807, 2.05) is 0 Å². The molecule has 0 aliphatic carbocycles. The molecule has 0 heterocycles. The summed E-state index contributed by atoms with van der Waals surface area (Å²) in [6.07, 6.45) is 0.787. The number of carbonyl (C=O) groups is 2. The van der Waals surface area contributed by atoms with Crippen molar-refractivity contribution in [3.05, 3.63) is 5.21 Å². The van der Waals surface area contributed by atoms with Crippen molar-refractivity contribution in [1.82, 2.24) is 10.6 Å². The summed E-state index contributed by atoms with van der Waals surface area (Å²) in [6.45, 7) is 0.330. The number of hydrogen-bond acceptors (Lipinski definition) is 4. The molecule has 0 bridgehead atoms. The molecule has 0 spiro atoms. The molecule has 0 aliphatic heterocycles. The maximum atomic E-state index is 11.3. The summed E-state index contributed by atoms with van der Waals surface area (Å²) in [6, 6.07) is -1.43. The SMILES string of the molecule is C[N+](C)([O-])CN[C@@H](CCCNC(N)=O)C(=O)O. The largest absolute Gasteiger partial charge is 0.632 e. The van der Waals surface area contributed by atoms with E-state index in [9.17, 15) is 14.8 Å². The van der Waals surface area contributed by atoms with Gasteiger partial charge in [-0.15, -0.1) is 0 Å². The van der Waals surface area contributed by atoms with E-state index in [0.29, 0.717) is 19.4 Å². The van der Waals surface area contributed by atoms with Crippen molar-refractivity contribution < 1.29 is 19.3 Å². The van der Waals surface area contributed by atoms with Gasteiger partial charge in [-0.25, -0.2) is 4.79 Å². The fraction of sp³-hybridized carbons (Fsp3) is 0.778. The van der Waals surface area contributed by atoms with Gasteiger partial charge in [0.15, 0.2) is 0 Å². The van der Waals surface area contributed by atoms with Crippen molar-refractivity contribution in [2.24, 2.45) is 5.73 Å². The number of carboxylic acid groups (broad SMARTS) is 1. The van der Waals surface area contributed by atoms with Gasteiger partial charge in [-0.2, -0.15) is 0 Å². The predicted octanol–water partition coefficient (Wildman–Crippen LogP) is -0.991. The summed E-state index contributed by atoms with van der Waals surface area (Å²) < 4.78 is -0.608. The second kappa shape index (κ2) is 7.05. The molecule has 1 atom stereocenters. The minimum Gasteiger partial charge on any atom is -0.632 e. The lowest BCUT2D eigenvalue weighted by atomic mass is 10.1. The molecule has 100 valence electrons. The number of aliphatic carboxylic acids is 1. The van der Waals surface area contributed by atoms with Crippen LogP contribution < -0.4 is 16.4 Å². The minimum atomic E-state index is -1.02. The van der Waals surface area contributed by atoms with Gasteiger partial charge in [0.1, 0.15) is 12.7 Å². The van der Waals surface area contributed by atoms with E-state index >= 15 is 0 Å². The molecule has 0 aromatic rings. The molecule has 0 aromatic carbocycles. The quantitative estimate of drug-likeness (QED) is 0.190. The number of nitrogens with zero attached hydrogens (tertiary/aromatic N) is 1. The number of nitrogens with two attached hydrogens (primary N) is 1. The zero-order chi connectivity index (χ0) is 13.5. The molecule has 0 fully saturated rings. The van der Waals surface area contributed by atoms with Crippen LogP contribution in [0.1, 0.15) is 12.8 Å². The van der Waals surface area contributed by atoms with Gasteiger partial charge in [0.2, 0.25) is 0 Å². The van der Waals surface area contributed by atoms with Crippen LogP contribution >= 0.6 is 0 Å². The molecule has 0 radical (unpaired) electrons. The third kappa shape index (κ3) is 9.54. The van der Waals surface area contributed by atoms with E-state index in [1.54, 1.807) is 0 Å². The van der Waals surface area contributed by atoms with Crippen LogP contribution in [0.2, 0.25) is 0 Å². The van der Waals surface area contributed by atoms with Gasteiger partial charge in [-0.1, -0.05) is 0 Å². The predicted molar refractivity (Wildman–Crippen MR) is 61.7 cm³/mol. The first kappa shape index (κ1) is 15.6. The summed E-state index contributed by atoms with van der Waals surface area (Å²) in [5.74, 6) is -1.02. The van der Waals surface area contributed by atoms with Crippen LogP contribution in [0.5, 0.6) is 0 Å². The first-order chi connectivity index (χ1) is 7.72. The van der Waals surface area contributed by atoms with Crippen LogP contribution in [0, 0.1) is 5.21 Å². The summed E-state index contributed by atoms with van der Waals surface area (Å²) in [5.41, 5.74) is 4.86. The molecule has 8 nitrogen and oxygen atoms in total. The van der Waals surface area contributed by atoms with Crippen molar-refractivity contribution in [3.63, 3.8) is 0 Å². The van der Waals surface area contributed by atoms with Gasteiger partial charge >= 0.3 is 12.0 Å². The Labute approximate surface area is 99.9 Å². The van der Waals surface area contributed by atoms with Crippen molar-refractivity contribution in [3.8, 4) is 0 Å². The molecular weight excluding hydrogens is 228 g/mol. The molecule has 0 aliphatic rings. The summed E-state index contributed by atoms with van der Waals surface area (Å²) >= 11 is 0. The Hall–Kier alpha value is -1.38. The van der Waals surface area contributed by atoms with Crippen molar-refractivity contribution in [2.75, 3.05) is 27.3 Å². The summed E-state index contributed by atoms with van der Waals surface area (Å²) in [7, 11) is 2.83. The lowest BCUT2D eigenvalue weighted by Crippen LogP contribution is -2.48. The average molecular weight is 248 g/mol. The lowest BCUT2D eigenvalue weighted by molar-refractivity contribution is -0.843. The van der Waals surface area contributed by atoms with E-state index in [2.05, 4.69) is 10.6 Å². The Bertz CT molecular complexity index is 264. The molecule has 2 amide bonds. The number of urea groups is 1. The number of nitrogens with one attached hydrogen (secondary N) is 2. The second-order valence-corrected chi connectivity index (χ2v) is 4.26. The Kier molecular flexibility index (Phi) is 6.47. The van der Waals surface area contributed by atoms with Gasteiger partial charge in [-0.3, -0.25) is 10.1 Å². The fourth-order valence-corrected chi connectivity index (χ4v) is 1.16. The maximum Gasteiger partial charge on any atom is 0.320 e. The number of carbonyl (C=O) groups excluding carboxylic acids is 1. The van der Waals surface area contributed by atoms with E-state index < -0.39 is 22.7 Å². The molecule has 0 aromatic heterocycles. The van der Waals surface area contributed by atoms with Crippen LogP contribution in [0.25, 0.3) is 0 Å². The number of quaternary nitrogens is 1. The maximum absolute atomic E-state index is 11.3. The Morgan fingerprint density at radius 1 is 1.47 bits per heavy atom. The van der Waals surface area contributed by atoms with Crippen LogP contribution in [0.4, 0.5) is 4.79 Å². The third-order valence-corrected chi connectivity index (χ3v) is 1.99. The number of amides is 2. The van der Waals surface area contributed by atoms with Gasteiger partial charge < -0.3 is 26.0 Å². The first-order valence-corrected chi connectivity index (χ1v) is 5.26. The van der Waals surface area contributed by atoms with E-state index in [-0.39, 0.29) is 6.67 Å².